The summed E-state index contributed by atoms with van der Waals surface area (Å²) in [6, 6.07) is 9.65. The fraction of sp³-hybridized carbons (Fsp3) is 0.615. The molecule has 1 aromatic heterocycles. The smallest absolute Gasteiger partial charge is 0.251 e. The van der Waals surface area contributed by atoms with Crippen molar-refractivity contribution in [2.45, 2.75) is 94.4 Å². The van der Waals surface area contributed by atoms with Gasteiger partial charge >= 0.3 is 0 Å². The average molecular weight is 484 g/mol. The molecule has 1 aromatic carbocycles. The van der Waals surface area contributed by atoms with Crippen molar-refractivity contribution in [2.24, 2.45) is 7.05 Å². The Kier molecular flexibility index (Phi) is 8.64. The van der Waals surface area contributed by atoms with E-state index in [9.17, 15) is 9.59 Å². The van der Waals surface area contributed by atoms with Gasteiger partial charge in [-0.15, -0.1) is 10.2 Å². The summed E-state index contributed by atoms with van der Waals surface area (Å²) in [5.74, 6) is 1.15. The number of carbonyl (C=O) groups is 2. The van der Waals surface area contributed by atoms with Gasteiger partial charge in [-0.3, -0.25) is 9.59 Å². The number of nitrogens with one attached hydrogen (secondary N) is 1. The van der Waals surface area contributed by atoms with Crippen molar-refractivity contribution in [3.8, 4) is 0 Å². The van der Waals surface area contributed by atoms with Crippen LogP contribution in [0.2, 0.25) is 0 Å². The van der Waals surface area contributed by atoms with Gasteiger partial charge in [-0.1, -0.05) is 68.5 Å². The van der Waals surface area contributed by atoms with Crippen LogP contribution in [-0.2, 0) is 11.8 Å². The lowest BCUT2D eigenvalue weighted by atomic mass is 9.88. The molecule has 2 fully saturated rings. The van der Waals surface area contributed by atoms with Crippen molar-refractivity contribution in [3.63, 3.8) is 0 Å². The molecule has 2 saturated carbocycles. The Morgan fingerprint density at radius 1 is 1.00 bits per heavy atom. The predicted octanol–water partition coefficient (Wildman–Crippen LogP) is 4.89. The minimum absolute atomic E-state index is 0.143. The lowest BCUT2D eigenvalue weighted by molar-refractivity contribution is -0.135. The van der Waals surface area contributed by atoms with E-state index in [4.69, 9.17) is 0 Å². The van der Waals surface area contributed by atoms with Crippen LogP contribution in [-0.4, -0.2) is 49.3 Å². The second-order valence-electron chi connectivity index (χ2n) is 9.63. The number of benzene rings is 1. The summed E-state index contributed by atoms with van der Waals surface area (Å²) in [6.45, 7) is 1.90. The number of amides is 2. The van der Waals surface area contributed by atoms with E-state index >= 15 is 0 Å². The molecule has 2 aliphatic rings. The maximum absolute atomic E-state index is 13.5. The van der Waals surface area contributed by atoms with Crippen molar-refractivity contribution < 1.29 is 9.59 Å². The SMILES string of the molecule is C[C@@H](NC(=O)c1ccccc1)c1nnc(SCC(=O)N(C2CCCCC2)C2CCCCC2)n1C. The largest absolute Gasteiger partial charge is 0.342 e. The van der Waals surface area contributed by atoms with Crippen LogP contribution in [0, 0.1) is 0 Å². The lowest BCUT2D eigenvalue weighted by Crippen LogP contribution is -2.49. The van der Waals surface area contributed by atoms with E-state index in [-0.39, 0.29) is 17.9 Å². The highest BCUT2D eigenvalue weighted by Crippen LogP contribution is 2.31. The molecule has 184 valence electrons. The van der Waals surface area contributed by atoms with Crippen LogP contribution < -0.4 is 5.32 Å². The van der Waals surface area contributed by atoms with Gasteiger partial charge in [0.25, 0.3) is 5.91 Å². The molecule has 0 radical (unpaired) electrons. The third-order valence-corrected chi connectivity index (χ3v) is 8.19. The van der Waals surface area contributed by atoms with Gasteiger partial charge in [0.05, 0.1) is 11.8 Å². The van der Waals surface area contributed by atoms with E-state index in [0.717, 1.165) is 25.7 Å². The van der Waals surface area contributed by atoms with E-state index < -0.39 is 0 Å². The monoisotopic (exact) mass is 483 g/mol. The number of hydrogen-bond donors (Lipinski definition) is 1. The maximum atomic E-state index is 13.5. The number of hydrogen-bond acceptors (Lipinski definition) is 5. The molecular formula is C26H37N5O2S. The summed E-state index contributed by atoms with van der Waals surface area (Å²) < 4.78 is 1.89. The first-order chi connectivity index (χ1) is 16.5. The van der Waals surface area contributed by atoms with Crippen LogP contribution in [0.15, 0.2) is 35.5 Å². The summed E-state index contributed by atoms with van der Waals surface area (Å²) in [5, 5.41) is 12.3. The first kappa shape index (κ1) is 24.8. The van der Waals surface area contributed by atoms with E-state index in [1.807, 2.05) is 36.7 Å². The van der Waals surface area contributed by atoms with E-state index in [1.165, 1.54) is 50.3 Å². The molecule has 0 aliphatic heterocycles. The first-order valence-corrected chi connectivity index (χ1v) is 13.7. The molecule has 34 heavy (non-hydrogen) atoms. The Morgan fingerprint density at radius 3 is 2.18 bits per heavy atom. The van der Waals surface area contributed by atoms with Crippen molar-refractivity contribution in [2.75, 3.05) is 5.75 Å². The molecule has 1 heterocycles. The summed E-state index contributed by atoms with van der Waals surface area (Å²) in [6.07, 6.45) is 12.1. The quantitative estimate of drug-likeness (QED) is 0.541. The van der Waals surface area contributed by atoms with Gasteiger partial charge < -0.3 is 14.8 Å². The molecule has 2 aliphatic carbocycles. The summed E-state index contributed by atoms with van der Waals surface area (Å²) >= 11 is 1.45. The van der Waals surface area contributed by atoms with Crippen molar-refractivity contribution in [1.29, 1.82) is 0 Å². The Morgan fingerprint density at radius 2 is 1.59 bits per heavy atom. The van der Waals surface area contributed by atoms with Crippen LogP contribution in [0.25, 0.3) is 0 Å². The number of thioether (sulfide) groups is 1. The Hall–Kier alpha value is -2.35. The van der Waals surface area contributed by atoms with Gasteiger partial charge in [-0.05, 0) is 44.7 Å². The fourth-order valence-electron chi connectivity index (χ4n) is 5.39. The van der Waals surface area contributed by atoms with E-state index in [2.05, 4.69) is 20.4 Å². The molecule has 4 rings (SSSR count). The van der Waals surface area contributed by atoms with Crippen LogP contribution >= 0.6 is 11.8 Å². The lowest BCUT2D eigenvalue weighted by Gasteiger charge is -2.41. The highest BCUT2D eigenvalue weighted by Gasteiger charge is 2.32. The minimum Gasteiger partial charge on any atom is -0.342 e. The van der Waals surface area contributed by atoms with Gasteiger partial charge in [0.2, 0.25) is 5.91 Å². The maximum Gasteiger partial charge on any atom is 0.251 e. The number of rotatable bonds is 8. The summed E-state index contributed by atoms with van der Waals surface area (Å²) in [4.78, 5) is 28.2. The normalized spacial score (nSPS) is 18.4. The number of carbonyl (C=O) groups excluding carboxylic acids is 2. The molecule has 0 spiro atoms. The third-order valence-electron chi connectivity index (χ3n) is 7.19. The average Bonchev–Trinajstić information content (AvgIpc) is 3.25. The van der Waals surface area contributed by atoms with E-state index in [1.54, 1.807) is 12.1 Å². The molecule has 7 nitrogen and oxygen atoms in total. The zero-order chi connectivity index (χ0) is 23.9. The second-order valence-corrected chi connectivity index (χ2v) is 10.6. The van der Waals surface area contributed by atoms with Gasteiger partial charge in [0.1, 0.15) is 0 Å². The Balaban J connectivity index is 1.38. The summed E-state index contributed by atoms with van der Waals surface area (Å²) in [7, 11) is 1.90. The van der Waals surface area contributed by atoms with Gasteiger partial charge in [0, 0.05) is 24.7 Å². The van der Waals surface area contributed by atoms with Gasteiger partial charge in [0.15, 0.2) is 11.0 Å². The van der Waals surface area contributed by atoms with Crippen LogP contribution in [0.3, 0.4) is 0 Å². The zero-order valence-corrected chi connectivity index (χ0v) is 21.2. The molecule has 0 unspecified atom stereocenters. The Bertz CT molecular complexity index is 933. The number of aromatic nitrogens is 3. The molecule has 1 N–H and O–H groups in total. The number of nitrogens with zero attached hydrogens (tertiary/aromatic N) is 4. The molecule has 1 atom stereocenters. The standard InChI is InChI=1S/C26H37N5O2S/c1-19(27-25(33)20-12-6-3-7-13-20)24-28-29-26(30(24)2)34-18-23(32)31(21-14-8-4-9-15-21)22-16-10-5-11-17-22/h3,6-7,12-13,19,21-22H,4-5,8-11,14-18H2,1-2H3,(H,27,33)/t19-/m1/s1. The molecule has 2 amide bonds. The molecule has 8 heteroatoms. The first-order valence-electron chi connectivity index (χ1n) is 12.7. The van der Waals surface area contributed by atoms with Crippen LogP contribution in [0.1, 0.15) is 93.4 Å². The fourth-order valence-corrected chi connectivity index (χ4v) is 6.18. The van der Waals surface area contributed by atoms with Crippen LogP contribution in [0.5, 0.6) is 0 Å². The van der Waals surface area contributed by atoms with Gasteiger partial charge in [-0.25, -0.2) is 0 Å². The highest BCUT2D eigenvalue weighted by atomic mass is 32.2. The third kappa shape index (κ3) is 6.01. The van der Waals surface area contributed by atoms with Crippen molar-refractivity contribution in [3.05, 3.63) is 41.7 Å². The predicted molar refractivity (Wildman–Crippen MR) is 135 cm³/mol. The topological polar surface area (TPSA) is 80.1 Å². The summed E-state index contributed by atoms with van der Waals surface area (Å²) in [5.41, 5.74) is 0.613. The molecule has 2 aromatic rings. The van der Waals surface area contributed by atoms with Crippen LogP contribution in [0.4, 0.5) is 0 Å². The molecular weight excluding hydrogens is 446 g/mol. The van der Waals surface area contributed by atoms with Crippen molar-refractivity contribution in [1.82, 2.24) is 25.0 Å². The molecule has 0 saturated heterocycles. The Labute approximate surface area is 207 Å². The molecule has 0 bridgehead atoms. The minimum atomic E-state index is -0.295. The van der Waals surface area contributed by atoms with Crippen molar-refractivity contribution >= 4 is 23.6 Å². The zero-order valence-electron chi connectivity index (χ0n) is 20.4. The van der Waals surface area contributed by atoms with E-state index in [0.29, 0.717) is 34.4 Å². The highest BCUT2D eigenvalue weighted by molar-refractivity contribution is 7.99. The second kappa shape index (κ2) is 11.9. The van der Waals surface area contributed by atoms with Gasteiger partial charge in [-0.2, -0.15) is 0 Å².